The fraction of sp³-hybridized carbons (Fsp3) is 0.182. The van der Waals surface area contributed by atoms with Crippen molar-refractivity contribution in [2.24, 2.45) is 0 Å². The van der Waals surface area contributed by atoms with Crippen LogP contribution in [0.3, 0.4) is 0 Å². The van der Waals surface area contributed by atoms with Gasteiger partial charge in [0.15, 0.2) is 0 Å². The number of pyridine rings is 2. The molecule has 3 heterocycles. The number of fused-ring (bicyclic) bond motifs is 1. The number of benzene rings is 1. The van der Waals surface area contributed by atoms with Crippen LogP contribution < -0.4 is 10.1 Å². The lowest BCUT2D eigenvalue weighted by molar-refractivity contribution is 0.0948. The van der Waals surface area contributed by atoms with Crippen LogP contribution in [-0.2, 0) is 6.54 Å². The van der Waals surface area contributed by atoms with Gasteiger partial charge in [-0.2, -0.15) is 0 Å². The van der Waals surface area contributed by atoms with Crippen molar-refractivity contribution in [3.05, 3.63) is 73.2 Å². The van der Waals surface area contributed by atoms with Crippen molar-refractivity contribution in [3.63, 3.8) is 0 Å². The number of hydrogen-bond acceptors (Lipinski definition) is 5. The molecule has 3 aromatic heterocycles. The summed E-state index contributed by atoms with van der Waals surface area (Å²) in [5, 5.41) is 3.81. The fourth-order valence-electron chi connectivity index (χ4n) is 3.14. The first-order valence-corrected chi connectivity index (χ1v) is 9.38. The highest BCUT2D eigenvalue weighted by atomic mass is 16.5. The maximum absolute atomic E-state index is 12.6. The summed E-state index contributed by atoms with van der Waals surface area (Å²) in [6.07, 6.45) is 9.73. The molecule has 0 spiro atoms. The van der Waals surface area contributed by atoms with Gasteiger partial charge < -0.3 is 14.6 Å². The summed E-state index contributed by atoms with van der Waals surface area (Å²) in [5.41, 5.74) is 2.92. The molecular formula is C22H21N5O2. The van der Waals surface area contributed by atoms with Gasteiger partial charge >= 0.3 is 0 Å². The molecule has 1 N–H and O–H groups in total. The number of aromatic nitrogens is 4. The predicted molar refractivity (Wildman–Crippen MR) is 111 cm³/mol. The molecule has 0 fully saturated rings. The van der Waals surface area contributed by atoms with E-state index in [2.05, 4.69) is 20.3 Å². The van der Waals surface area contributed by atoms with Crippen LogP contribution in [0.15, 0.2) is 67.5 Å². The average molecular weight is 387 g/mol. The van der Waals surface area contributed by atoms with E-state index < -0.39 is 0 Å². The van der Waals surface area contributed by atoms with Gasteiger partial charge in [0.2, 0.25) is 0 Å². The zero-order valence-corrected chi connectivity index (χ0v) is 16.1. The second-order valence-corrected chi connectivity index (χ2v) is 6.60. The molecule has 0 aliphatic rings. The molecule has 4 aromatic rings. The van der Waals surface area contributed by atoms with Crippen molar-refractivity contribution < 1.29 is 9.53 Å². The molecule has 4 rings (SSSR count). The van der Waals surface area contributed by atoms with Crippen LogP contribution in [-0.4, -0.2) is 39.1 Å². The van der Waals surface area contributed by atoms with E-state index in [0.717, 1.165) is 40.7 Å². The van der Waals surface area contributed by atoms with Crippen molar-refractivity contribution >= 4 is 16.8 Å². The van der Waals surface area contributed by atoms with Crippen molar-refractivity contribution in [2.45, 2.75) is 13.0 Å². The number of aryl methyl sites for hydroxylation is 1. The molecule has 0 bridgehead atoms. The Hall–Kier alpha value is -3.74. The highest BCUT2D eigenvalue weighted by Crippen LogP contribution is 2.28. The summed E-state index contributed by atoms with van der Waals surface area (Å²) in [7, 11) is 1.63. The number of methoxy groups -OCH3 is 1. The van der Waals surface area contributed by atoms with Gasteiger partial charge in [0.05, 0.1) is 19.0 Å². The van der Waals surface area contributed by atoms with E-state index in [1.807, 2.05) is 41.1 Å². The molecule has 1 amide bonds. The van der Waals surface area contributed by atoms with Crippen molar-refractivity contribution in [1.82, 2.24) is 24.8 Å². The lowest BCUT2D eigenvalue weighted by atomic mass is 10.0. The largest absolute Gasteiger partial charge is 0.497 e. The van der Waals surface area contributed by atoms with Gasteiger partial charge in [0.25, 0.3) is 5.91 Å². The van der Waals surface area contributed by atoms with Gasteiger partial charge in [-0.3, -0.25) is 9.78 Å². The van der Waals surface area contributed by atoms with Crippen LogP contribution in [0, 0.1) is 0 Å². The number of nitrogens with one attached hydrogen (secondary N) is 1. The number of carbonyl (C=O) groups excluding carboxylic acids is 1. The zero-order chi connectivity index (χ0) is 20.1. The van der Waals surface area contributed by atoms with Gasteiger partial charge in [-0.25, -0.2) is 9.97 Å². The summed E-state index contributed by atoms with van der Waals surface area (Å²) in [6.45, 7) is 1.37. The predicted octanol–water partition coefficient (Wildman–Crippen LogP) is 3.32. The summed E-state index contributed by atoms with van der Waals surface area (Å²) >= 11 is 0. The maximum atomic E-state index is 12.6. The van der Waals surface area contributed by atoms with Gasteiger partial charge in [-0.15, -0.1) is 0 Å². The lowest BCUT2D eigenvalue weighted by Crippen LogP contribution is -2.26. The Morgan fingerprint density at radius 1 is 1.17 bits per heavy atom. The molecular weight excluding hydrogens is 366 g/mol. The first kappa shape index (κ1) is 18.6. The number of imidazole rings is 1. The maximum Gasteiger partial charge on any atom is 0.269 e. The number of nitrogens with zero attached hydrogens (tertiary/aromatic N) is 4. The van der Waals surface area contributed by atoms with E-state index in [-0.39, 0.29) is 5.91 Å². The van der Waals surface area contributed by atoms with Crippen LogP contribution in [0.1, 0.15) is 16.9 Å². The first-order chi connectivity index (χ1) is 14.2. The van der Waals surface area contributed by atoms with E-state index >= 15 is 0 Å². The molecule has 0 saturated carbocycles. The Morgan fingerprint density at radius 2 is 2.10 bits per heavy atom. The monoisotopic (exact) mass is 387 g/mol. The summed E-state index contributed by atoms with van der Waals surface area (Å²) in [5.74, 6) is 0.567. The van der Waals surface area contributed by atoms with E-state index in [9.17, 15) is 4.79 Å². The van der Waals surface area contributed by atoms with E-state index in [0.29, 0.717) is 12.2 Å². The molecule has 0 saturated heterocycles. The summed E-state index contributed by atoms with van der Waals surface area (Å²) < 4.78 is 7.30. The molecule has 7 heteroatoms. The van der Waals surface area contributed by atoms with Crippen LogP contribution >= 0.6 is 0 Å². The van der Waals surface area contributed by atoms with Crippen LogP contribution in [0.5, 0.6) is 5.75 Å². The third-order valence-electron chi connectivity index (χ3n) is 4.65. The van der Waals surface area contributed by atoms with E-state index in [4.69, 9.17) is 4.74 Å². The molecule has 0 unspecified atom stereocenters. The Labute approximate surface area is 168 Å². The van der Waals surface area contributed by atoms with Gasteiger partial charge in [0.1, 0.15) is 11.4 Å². The molecule has 146 valence electrons. The number of carbonyl (C=O) groups is 1. The Bertz CT molecular complexity index is 1130. The second-order valence-electron chi connectivity index (χ2n) is 6.60. The van der Waals surface area contributed by atoms with Gasteiger partial charge in [-0.05, 0) is 36.2 Å². The minimum atomic E-state index is -0.189. The third kappa shape index (κ3) is 4.24. The van der Waals surface area contributed by atoms with Gasteiger partial charge in [0, 0.05) is 48.8 Å². The van der Waals surface area contributed by atoms with E-state index in [1.54, 1.807) is 38.1 Å². The highest BCUT2D eigenvalue weighted by Gasteiger charge is 2.12. The highest BCUT2D eigenvalue weighted by molar-refractivity contribution is 5.98. The van der Waals surface area contributed by atoms with Crippen LogP contribution in [0.2, 0.25) is 0 Å². The Morgan fingerprint density at radius 3 is 2.93 bits per heavy atom. The normalized spacial score (nSPS) is 10.8. The van der Waals surface area contributed by atoms with Crippen LogP contribution in [0.25, 0.3) is 22.0 Å². The molecule has 0 aliphatic carbocycles. The SMILES string of the molecule is COc1cccc(-c2cncc3ccc(C(=O)NCCCn4ccnc4)nc23)c1. The number of rotatable bonds is 7. The second kappa shape index (κ2) is 8.52. The topological polar surface area (TPSA) is 81.9 Å². The van der Waals surface area contributed by atoms with Crippen LogP contribution in [0.4, 0.5) is 0 Å². The van der Waals surface area contributed by atoms with Crippen molar-refractivity contribution in [1.29, 1.82) is 0 Å². The van der Waals surface area contributed by atoms with Crippen molar-refractivity contribution in [2.75, 3.05) is 13.7 Å². The average Bonchev–Trinajstić information content (AvgIpc) is 3.29. The Kier molecular flexibility index (Phi) is 5.47. The molecule has 0 atom stereocenters. The molecule has 1 aromatic carbocycles. The molecule has 7 nitrogen and oxygen atoms in total. The third-order valence-corrected chi connectivity index (χ3v) is 4.65. The molecule has 0 radical (unpaired) electrons. The number of ether oxygens (including phenoxy) is 1. The fourth-order valence-corrected chi connectivity index (χ4v) is 3.14. The Balaban J connectivity index is 1.54. The van der Waals surface area contributed by atoms with Gasteiger partial charge in [-0.1, -0.05) is 12.1 Å². The standard InChI is InChI=1S/C22H21N5O2/c1-29-18-5-2-4-16(12-18)19-14-24-13-17-6-7-20(26-21(17)19)22(28)25-8-3-10-27-11-9-23-15-27/h2,4-7,9,11-15H,3,8,10H2,1H3,(H,25,28). The van der Waals surface area contributed by atoms with Crippen molar-refractivity contribution in [3.8, 4) is 16.9 Å². The minimum Gasteiger partial charge on any atom is -0.497 e. The first-order valence-electron chi connectivity index (χ1n) is 9.38. The smallest absolute Gasteiger partial charge is 0.269 e. The zero-order valence-electron chi connectivity index (χ0n) is 16.1. The summed E-state index contributed by atoms with van der Waals surface area (Å²) in [4.78, 5) is 25.5. The number of hydrogen-bond donors (Lipinski definition) is 1. The quantitative estimate of drug-likeness (QED) is 0.492. The molecule has 0 aliphatic heterocycles. The summed E-state index contributed by atoms with van der Waals surface area (Å²) in [6, 6.07) is 11.3. The van der Waals surface area contributed by atoms with E-state index in [1.165, 1.54) is 0 Å². The molecule has 29 heavy (non-hydrogen) atoms. The lowest BCUT2D eigenvalue weighted by Gasteiger charge is -2.09. The number of amides is 1. The minimum absolute atomic E-state index is 0.189.